The fourth-order valence-corrected chi connectivity index (χ4v) is 2.33. The van der Waals surface area contributed by atoms with E-state index in [2.05, 4.69) is 22.4 Å². The van der Waals surface area contributed by atoms with Crippen molar-refractivity contribution < 1.29 is 9.90 Å². The van der Waals surface area contributed by atoms with Gasteiger partial charge in [-0.25, -0.2) is 0 Å². The number of nitrogens with one attached hydrogen (secondary N) is 2. The first-order valence-corrected chi connectivity index (χ1v) is 6.85. The van der Waals surface area contributed by atoms with Gasteiger partial charge in [0.15, 0.2) is 0 Å². The summed E-state index contributed by atoms with van der Waals surface area (Å²) >= 11 is 0. The maximum Gasteiger partial charge on any atom is 0.251 e. The zero-order chi connectivity index (χ0) is 14.7. The number of carbonyl (C=O) groups is 1. The van der Waals surface area contributed by atoms with Gasteiger partial charge in [-0.15, -0.1) is 0 Å². The molecule has 3 aromatic rings. The van der Waals surface area contributed by atoms with E-state index in [1.807, 2.05) is 18.3 Å². The number of aromatic amines is 1. The molecule has 1 heterocycles. The van der Waals surface area contributed by atoms with E-state index in [4.69, 9.17) is 0 Å². The number of aromatic hydroxyl groups is 1. The summed E-state index contributed by atoms with van der Waals surface area (Å²) in [6.07, 6.45) is 2.68. The van der Waals surface area contributed by atoms with E-state index in [9.17, 15) is 9.90 Å². The van der Waals surface area contributed by atoms with Crippen molar-refractivity contribution in [2.45, 2.75) is 6.42 Å². The summed E-state index contributed by atoms with van der Waals surface area (Å²) < 4.78 is 0. The molecule has 0 fully saturated rings. The Balaban J connectivity index is 1.59. The largest absolute Gasteiger partial charge is 0.508 e. The van der Waals surface area contributed by atoms with Gasteiger partial charge in [0.2, 0.25) is 0 Å². The normalized spacial score (nSPS) is 10.7. The van der Waals surface area contributed by atoms with Crippen molar-refractivity contribution in [1.29, 1.82) is 0 Å². The monoisotopic (exact) mass is 280 g/mol. The molecule has 21 heavy (non-hydrogen) atoms. The molecule has 4 heteroatoms. The van der Waals surface area contributed by atoms with Crippen LogP contribution in [0.1, 0.15) is 15.9 Å². The van der Waals surface area contributed by atoms with E-state index in [0.717, 1.165) is 11.9 Å². The Hall–Kier alpha value is -2.75. The average Bonchev–Trinajstić information content (AvgIpc) is 2.94. The van der Waals surface area contributed by atoms with Crippen LogP contribution in [0.25, 0.3) is 10.9 Å². The molecule has 3 N–H and O–H groups in total. The number of benzene rings is 2. The Bertz CT molecular complexity index is 777. The molecular weight excluding hydrogens is 264 g/mol. The van der Waals surface area contributed by atoms with Gasteiger partial charge in [0.1, 0.15) is 5.75 Å². The molecule has 2 aromatic carbocycles. The van der Waals surface area contributed by atoms with E-state index in [0.29, 0.717) is 12.1 Å². The second-order valence-electron chi connectivity index (χ2n) is 4.96. The van der Waals surface area contributed by atoms with E-state index in [-0.39, 0.29) is 11.7 Å². The predicted molar refractivity (Wildman–Crippen MR) is 82.4 cm³/mol. The molecule has 0 saturated carbocycles. The number of rotatable bonds is 4. The number of hydrogen-bond acceptors (Lipinski definition) is 2. The minimum absolute atomic E-state index is 0.0977. The molecule has 0 spiro atoms. The number of fused-ring (bicyclic) bond motifs is 1. The van der Waals surface area contributed by atoms with Gasteiger partial charge in [-0.2, -0.15) is 0 Å². The highest BCUT2D eigenvalue weighted by molar-refractivity contribution is 5.94. The van der Waals surface area contributed by atoms with Crippen LogP contribution in [0.3, 0.4) is 0 Å². The Morgan fingerprint density at radius 3 is 2.90 bits per heavy atom. The van der Waals surface area contributed by atoms with Crippen LogP contribution in [0.15, 0.2) is 54.7 Å². The summed E-state index contributed by atoms with van der Waals surface area (Å²) in [6.45, 7) is 0.560. The lowest BCUT2D eigenvalue weighted by Crippen LogP contribution is -2.25. The van der Waals surface area contributed by atoms with Crippen LogP contribution in [-0.2, 0) is 6.42 Å². The summed E-state index contributed by atoms with van der Waals surface area (Å²) in [6, 6.07) is 14.6. The molecule has 0 bridgehead atoms. The first-order valence-electron chi connectivity index (χ1n) is 6.85. The van der Waals surface area contributed by atoms with Crippen LogP contribution in [0.5, 0.6) is 5.75 Å². The molecule has 4 nitrogen and oxygen atoms in total. The van der Waals surface area contributed by atoms with Gasteiger partial charge in [-0.3, -0.25) is 4.79 Å². The smallest absolute Gasteiger partial charge is 0.251 e. The van der Waals surface area contributed by atoms with E-state index < -0.39 is 0 Å². The van der Waals surface area contributed by atoms with E-state index >= 15 is 0 Å². The lowest BCUT2D eigenvalue weighted by Gasteiger charge is -2.06. The third-order valence-electron chi connectivity index (χ3n) is 3.43. The fourth-order valence-electron chi connectivity index (χ4n) is 2.33. The van der Waals surface area contributed by atoms with Gasteiger partial charge in [0.25, 0.3) is 5.91 Å². The zero-order valence-electron chi connectivity index (χ0n) is 11.5. The maximum absolute atomic E-state index is 11.9. The summed E-state index contributed by atoms with van der Waals surface area (Å²) in [7, 11) is 0. The zero-order valence-corrected chi connectivity index (χ0v) is 11.5. The number of H-pyrrole nitrogens is 1. The van der Waals surface area contributed by atoms with E-state index in [1.54, 1.807) is 18.2 Å². The van der Waals surface area contributed by atoms with Crippen LogP contribution in [0.2, 0.25) is 0 Å². The summed E-state index contributed by atoms with van der Waals surface area (Å²) in [5.41, 5.74) is 2.76. The molecule has 0 radical (unpaired) electrons. The van der Waals surface area contributed by atoms with Crippen LogP contribution in [-0.4, -0.2) is 22.5 Å². The number of aromatic nitrogens is 1. The van der Waals surface area contributed by atoms with Crippen molar-refractivity contribution in [1.82, 2.24) is 10.3 Å². The topological polar surface area (TPSA) is 65.1 Å². The molecule has 0 saturated heterocycles. The molecule has 1 aromatic heterocycles. The molecule has 0 unspecified atom stereocenters. The number of phenolic OH excluding ortho intramolecular Hbond substituents is 1. The van der Waals surface area contributed by atoms with Gasteiger partial charge in [0, 0.05) is 23.8 Å². The lowest BCUT2D eigenvalue weighted by molar-refractivity contribution is 0.0953. The SMILES string of the molecule is O=C(NCCc1ccc2[nH]ccc2c1)c1cccc(O)c1. The highest BCUT2D eigenvalue weighted by Gasteiger charge is 2.05. The van der Waals surface area contributed by atoms with Crippen LogP contribution in [0.4, 0.5) is 0 Å². The first-order chi connectivity index (χ1) is 10.2. The quantitative estimate of drug-likeness (QED) is 0.688. The molecule has 0 aliphatic rings. The van der Waals surface area contributed by atoms with Gasteiger partial charge in [-0.1, -0.05) is 12.1 Å². The minimum Gasteiger partial charge on any atom is -0.508 e. The Morgan fingerprint density at radius 2 is 2.05 bits per heavy atom. The van der Waals surface area contributed by atoms with Gasteiger partial charge in [0.05, 0.1) is 0 Å². The van der Waals surface area contributed by atoms with Gasteiger partial charge in [-0.05, 0) is 53.8 Å². The van der Waals surface area contributed by atoms with E-state index in [1.165, 1.54) is 17.0 Å². The summed E-state index contributed by atoms with van der Waals surface area (Å²) in [5, 5.41) is 13.4. The third-order valence-corrected chi connectivity index (χ3v) is 3.43. The molecule has 0 aliphatic carbocycles. The Morgan fingerprint density at radius 1 is 1.14 bits per heavy atom. The molecule has 0 aliphatic heterocycles. The molecular formula is C17H16N2O2. The average molecular weight is 280 g/mol. The third kappa shape index (κ3) is 3.05. The first kappa shape index (κ1) is 13.2. The van der Waals surface area contributed by atoms with Crippen molar-refractivity contribution in [3.05, 3.63) is 65.9 Å². The minimum atomic E-state index is -0.173. The highest BCUT2D eigenvalue weighted by Crippen LogP contribution is 2.14. The van der Waals surface area contributed by atoms with Crippen LogP contribution in [0, 0.1) is 0 Å². The summed E-state index contributed by atoms with van der Waals surface area (Å²) in [4.78, 5) is 15.1. The predicted octanol–water partition coefficient (Wildman–Crippen LogP) is 2.85. The van der Waals surface area contributed by atoms with Crippen molar-refractivity contribution in [2.75, 3.05) is 6.54 Å². The maximum atomic E-state index is 11.9. The molecule has 1 amide bonds. The standard InChI is InChI=1S/C17H16N2O2/c20-15-3-1-2-14(11-15)17(21)19-8-6-12-4-5-16-13(10-12)7-9-18-16/h1-5,7,9-11,18,20H,6,8H2,(H,19,21). The Labute approximate surface area is 122 Å². The van der Waals surface area contributed by atoms with Gasteiger partial charge < -0.3 is 15.4 Å². The van der Waals surface area contributed by atoms with Gasteiger partial charge >= 0.3 is 0 Å². The number of carbonyl (C=O) groups excluding carboxylic acids is 1. The number of hydrogen-bond donors (Lipinski definition) is 3. The molecule has 106 valence electrons. The molecule has 0 atom stereocenters. The van der Waals surface area contributed by atoms with Crippen LogP contribution < -0.4 is 5.32 Å². The summed E-state index contributed by atoms with van der Waals surface area (Å²) in [5.74, 6) is -0.0748. The van der Waals surface area contributed by atoms with Crippen molar-refractivity contribution in [3.8, 4) is 5.75 Å². The van der Waals surface area contributed by atoms with Crippen molar-refractivity contribution >= 4 is 16.8 Å². The Kier molecular flexibility index (Phi) is 3.60. The number of amides is 1. The number of phenols is 1. The fraction of sp³-hybridized carbons (Fsp3) is 0.118. The molecule has 3 rings (SSSR count). The second kappa shape index (κ2) is 5.71. The highest BCUT2D eigenvalue weighted by atomic mass is 16.3. The van der Waals surface area contributed by atoms with Crippen LogP contribution >= 0.6 is 0 Å². The lowest BCUT2D eigenvalue weighted by atomic mass is 10.1. The van der Waals surface area contributed by atoms with Crippen molar-refractivity contribution in [2.24, 2.45) is 0 Å². The van der Waals surface area contributed by atoms with Crippen molar-refractivity contribution in [3.63, 3.8) is 0 Å². The second-order valence-corrected chi connectivity index (χ2v) is 4.96.